The van der Waals surface area contributed by atoms with Gasteiger partial charge in [-0.3, -0.25) is 4.98 Å². The molecule has 2 aliphatic rings. The number of piperidine rings is 1. The molecule has 0 spiro atoms. The summed E-state index contributed by atoms with van der Waals surface area (Å²) in [5.74, 6) is 1.01. The minimum absolute atomic E-state index is 0.00186. The van der Waals surface area contributed by atoms with Crippen LogP contribution in [0.3, 0.4) is 0 Å². The number of aromatic nitrogens is 1. The van der Waals surface area contributed by atoms with E-state index < -0.39 is 20.0 Å². The van der Waals surface area contributed by atoms with Crippen molar-refractivity contribution in [2.24, 2.45) is 5.92 Å². The zero-order valence-electron chi connectivity index (χ0n) is 20.8. The van der Waals surface area contributed by atoms with Gasteiger partial charge in [-0.25, -0.2) is 21.1 Å². The van der Waals surface area contributed by atoms with Crippen molar-refractivity contribution in [1.82, 2.24) is 13.6 Å². The molecular formula is C27H33N3O5S2. The van der Waals surface area contributed by atoms with E-state index in [0.717, 1.165) is 22.9 Å². The van der Waals surface area contributed by atoms with Crippen molar-refractivity contribution in [3.63, 3.8) is 0 Å². The summed E-state index contributed by atoms with van der Waals surface area (Å²) in [6.07, 6.45) is 6.65. The first-order valence-corrected chi connectivity index (χ1v) is 15.9. The molecule has 5 rings (SSSR count). The molecule has 1 atom stereocenters. The summed E-state index contributed by atoms with van der Waals surface area (Å²) in [5.41, 5.74) is 0. The quantitative estimate of drug-likeness (QED) is 0.406. The Balaban J connectivity index is 1.10. The highest BCUT2D eigenvalue weighted by atomic mass is 32.2. The average Bonchev–Trinajstić information content (AvgIpc) is 3.39. The van der Waals surface area contributed by atoms with Gasteiger partial charge in [-0.05, 0) is 61.6 Å². The third-order valence-corrected chi connectivity index (χ3v) is 11.3. The predicted molar refractivity (Wildman–Crippen MR) is 143 cm³/mol. The van der Waals surface area contributed by atoms with Crippen molar-refractivity contribution >= 4 is 30.8 Å². The molecule has 10 heteroatoms. The molecule has 0 bridgehead atoms. The predicted octanol–water partition coefficient (Wildman–Crippen LogP) is 3.90. The highest BCUT2D eigenvalue weighted by Gasteiger charge is 2.34. The molecule has 2 aliphatic heterocycles. The SMILES string of the molecule is O=S(=O)(CCC[C@H]1CCN(S(=O)(=O)c2cccc3ccccc23)C1)N1CCC(Oc2ccncc2)CC1. The molecule has 2 fully saturated rings. The Morgan fingerprint density at radius 3 is 2.32 bits per heavy atom. The number of benzene rings is 2. The summed E-state index contributed by atoms with van der Waals surface area (Å²) in [4.78, 5) is 4.32. The summed E-state index contributed by atoms with van der Waals surface area (Å²) in [5, 5.41) is 1.63. The van der Waals surface area contributed by atoms with Crippen molar-refractivity contribution < 1.29 is 21.6 Å². The van der Waals surface area contributed by atoms with E-state index in [1.54, 1.807) is 45.3 Å². The Morgan fingerprint density at radius 1 is 0.838 bits per heavy atom. The van der Waals surface area contributed by atoms with Crippen LogP contribution in [0.25, 0.3) is 10.8 Å². The minimum Gasteiger partial charge on any atom is -0.490 e. The Labute approximate surface area is 219 Å². The number of fused-ring (bicyclic) bond motifs is 1. The second kappa shape index (κ2) is 11.1. The van der Waals surface area contributed by atoms with Crippen LogP contribution in [0.2, 0.25) is 0 Å². The normalized spacial score (nSPS) is 20.4. The van der Waals surface area contributed by atoms with Crippen LogP contribution in [0.5, 0.6) is 5.75 Å². The van der Waals surface area contributed by atoms with Crippen LogP contribution < -0.4 is 4.74 Å². The molecule has 0 aliphatic carbocycles. The van der Waals surface area contributed by atoms with E-state index in [1.165, 1.54) is 0 Å². The summed E-state index contributed by atoms with van der Waals surface area (Å²) in [6.45, 7) is 1.81. The fourth-order valence-corrected chi connectivity index (χ4v) is 8.63. The summed E-state index contributed by atoms with van der Waals surface area (Å²) in [7, 11) is -6.95. The second-order valence-corrected chi connectivity index (χ2v) is 13.8. The van der Waals surface area contributed by atoms with Gasteiger partial charge in [-0.15, -0.1) is 0 Å². The number of rotatable bonds is 9. The van der Waals surface area contributed by atoms with Crippen LogP contribution in [0.1, 0.15) is 32.1 Å². The van der Waals surface area contributed by atoms with Gasteiger partial charge in [0.25, 0.3) is 0 Å². The fraction of sp³-hybridized carbons (Fsp3) is 0.444. The maximum absolute atomic E-state index is 13.4. The van der Waals surface area contributed by atoms with E-state index in [0.29, 0.717) is 56.8 Å². The molecule has 2 saturated heterocycles. The van der Waals surface area contributed by atoms with Crippen LogP contribution in [0.15, 0.2) is 71.9 Å². The average molecular weight is 544 g/mol. The topological polar surface area (TPSA) is 96.9 Å². The summed E-state index contributed by atoms with van der Waals surface area (Å²) in [6, 6.07) is 16.5. The molecule has 198 valence electrons. The highest BCUT2D eigenvalue weighted by Crippen LogP contribution is 2.31. The van der Waals surface area contributed by atoms with Crippen LogP contribution in [0, 0.1) is 5.92 Å². The van der Waals surface area contributed by atoms with Crippen molar-refractivity contribution in [2.45, 2.75) is 43.1 Å². The zero-order chi connectivity index (χ0) is 25.9. The Kier molecular flexibility index (Phi) is 7.80. The van der Waals surface area contributed by atoms with Gasteiger partial charge in [0.15, 0.2) is 0 Å². The molecule has 1 aromatic heterocycles. The first-order chi connectivity index (χ1) is 17.8. The van der Waals surface area contributed by atoms with Gasteiger partial charge in [0.1, 0.15) is 11.9 Å². The highest BCUT2D eigenvalue weighted by molar-refractivity contribution is 7.89. The lowest BCUT2D eigenvalue weighted by Crippen LogP contribution is -2.42. The molecule has 3 aromatic rings. The maximum atomic E-state index is 13.4. The van der Waals surface area contributed by atoms with Gasteiger partial charge in [0.2, 0.25) is 20.0 Å². The van der Waals surface area contributed by atoms with E-state index in [2.05, 4.69) is 4.98 Å². The first-order valence-electron chi connectivity index (χ1n) is 12.9. The largest absolute Gasteiger partial charge is 0.490 e. The molecule has 0 amide bonds. The van der Waals surface area contributed by atoms with Gasteiger partial charge < -0.3 is 4.74 Å². The van der Waals surface area contributed by atoms with Crippen LogP contribution >= 0.6 is 0 Å². The molecule has 8 nitrogen and oxygen atoms in total. The molecule has 0 N–H and O–H groups in total. The lowest BCUT2D eigenvalue weighted by Gasteiger charge is -2.31. The van der Waals surface area contributed by atoms with Gasteiger partial charge >= 0.3 is 0 Å². The lowest BCUT2D eigenvalue weighted by molar-refractivity contribution is 0.135. The molecule has 37 heavy (non-hydrogen) atoms. The Bertz CT molecular complexity index is 1420. The lowest BCUT2D eigenvalue weighted by atomic mass is 10.0. The van der Waals surface area contributed by atoms with E-state index in [-0.39, 0.29) is 17.8 Å². The number of pyridine rings is 1. The van der Waals surface area contributed by atoms with Crippen molar-refractivity contribution in [3.8, 4) is 5.75 Å². The fourth-order valence-electron chi connectivity index (χ4n) is 5.33. The third-order valence-electron chi connectivity index (χ3n) is 7.38. The van der Waals surface area contributed by atoms with E-state index >= 15 is 0 Å². The van der Waals surface area contributed by atoms with Crippen LogP contribution in [-0.2, 0) is 20.0 Å². The third kappa shape index (κ3) is 5.98. The van der Waals surface area contributed by atoms with Gasteiger partial charge in [-0.2, -0.15) is 4.31 Å². The first kappa shape index (κ1) is 26.1. The van der Waals surface area contributed by atoms with Crippen molar-refractivity contribution in [1.29, 1.82) is 0 Å². The zero-order valence-corrected chi connectivity index (χ0v) is 22.4. The van der Waals surface area contributed by atoms with Gasteiger partial charge in [0, 0.05) is 44.0 Å². The second-order valence-electron chi connectivity index (χ2n) is 9.85. The van der Waals surface area contributed by atoms with Gasteiger partial charge in [0.05, 0.1) is 10.6 Å². The van der Waals surface area contributed by atoms with E-state index in [4.69, 9.17) is 4.74 Å². The van der Waals surface area contributed by atoms with Crippen molar-refractivity contribution in [2.75, 3.05) is 31.9 Å². The standard InChI is InChI=1S/C27H33N3O5S2/c31-36(32,29-18-13-25(14-19-29)35-24-10-15-28-16-11-24)20-4-5-22-12-17-30(21-22)37(33,34)27-9-3-7-23-6-1-2-8-26(23)27/h1-3,6-11,15-16,22,25H,4-5,12-14,17-21H2/t22-/m0/s1. The Hall–Kier alpha value is -2.53. The molecule has 2 aromatic carbocycles. The smallest absolute Gasteiger partial charge is 0.243 e. The molecule has 3 heterocycles. The number of nitrogens with zero attached hydrogens (tertiary/aromatic N) is 3. The number of ether oxygens (including phenoxy) is 1. The monoisotopic (exact) mass is 543 g/mol. The Morgan fingerprint density at radius 2 is 1.54 bits per heavy atom. The molecule has 0 radical (unpaired) electrons. The van der Waals surface area contributed by atoms with Crippen LogP contribution in [-0.4, -0.2) is 68.5 Å². The molecule has 0 saturated carbocycles. The molecular weight excluding hydrogens is 510 g/mol. The van der Waals surface area contributed by atoms with Crippen LogP contribution in [0.4, 0.5) is 0 Å². The maximum Gasteiger partial charge on any atom is 0.243 e. The number of sulfonamides is 2. The molecule has 0 unspecified atom stereocenters. The van der Waals surface area contributed by atoms with E-state index in [1.807, 2.05) is 30.3 Å². The van der Waals surface area contributed by atoms with E-state index in [9.17, 15) is 16.8 Å². The number of hydrogen-bond acceptors (Lipinski definition) is 6. The number of hydrogen-bond donors (Lipinski definition) is 0. The van der Waals surface area contributed by atoms with Gasteiger partial charge in [-0.1, -0.05) is 36.4 Å². The summed E-state index contributed by atoms with van der Waals surface area (Å²) < 4.78 is 61.7. The minimum atomic E-state index is -3.61. The van der Waals surface area contributed by atoms with Crippen molar-refractivity contribution in [3.05, 3.63) is 67.0 Å². The summed E-state index contributed by atoms with van der Waals surface area (Å²) >= 11 is 0.